The number of carbonyl (C=O) groups is 1. The van der Waals surface area contributed by atoms with Gasteiger partial charge in [-0.25, -0.2) is 4.68 Å². The summed E-state index contributed by atoms with van der Waals surface area (Å²) in [4.78, 5) is 12.1. The van der Waals surface area contributed by atoms with E-state index in [2.05, 4.69) is 20.6 Å². The lowest BCUT2D eigenvalue weighted by atomic mass is 10.2. The van der Waals surface area contributed by atoms with Crippen LogP contribution in [0.25, 0.3) is 0 Å². The van der Waals surface area contributed by atoms with Crippen molar-refractivity contribution in [3.8, 4) is 11.5 Å². The quantitative estimate of drug-likeness (QED) is 0.556. The fraction of sp³-hybridized carbons (Fsp3) is 0.238. The van der Waals surface area contributed by atoms with Crippen molar-refractivity contribution in [1.82, 2.24) is 14.9 Å². The zero-order valence-electron chi connectivity index (χ0n) is 17.5. The fourth-order valence-corrected chi connectivity index (χ4v) is 2.75. The third-order valence-corrected chi connectivity index (χ3v) is 4.29. The smallest absolute Gasteiger partial charge is 0.416 e. The Morgan fingerprint density at radius 2 is 1.84 bits per heavy atom. The Labute approximate surface area is 181 Å². The van der Waals surface area contributed by atoms with E-state index in [0.717, 1.165) is 12.1 Å². The molecule has 0 bridgehead atoms. The largest absolute Gasteiger partial charge is 0.493 e. The SMILES string of the molecule is COc1cc(/C=N\n2c(C)nnc2C)ccc1OCC(=O)Nc1cccc(C(F)(F)F)c1. The molecule has 3 aromatic rings. The summed E-state index contributed by atoms with van der Waals surface area (Å²) in [5.74, 6) is 1.31. The monoisotopic (exact) mass is 447 g/mol. The third-order valence-electron chi connectivity index (χ3n) is 4.29. The number of anilines is 1. The molecule has 0 aliphatic carbocycles. The Morgan fingerprint density at radius 3 is 2.50 bits per heavy atom. The molecule has 3 rings (SSSR count). The number of carbonyl (C=O) groups excluding carboxylic acids is 1. The standard InChI is InChI=1S/C21H20F3N5O3/c1-13-27-28-14(2)29(13)25-11-15-7-8-18(19(9-15)31-3)32-12-20(30)26-17-6-4-5-16(10-17)21(22,23)24/h4-11H,12H2,1-3H3,(H,26,30)/b25-11-. The molecule has 0 saturated heterocycles. The predicted octanol–water partition coefficient (Wildman–Crippen LogP) is 3.82. The van der Waals surface area contributed by atoms with Crippen molar-refractivity contribution >= 4 is 17.8 Å². The van der Waals surface area contributed by atoms with Crippen molar-refractivity contribution < 1.29 is 27.4 Å². The first-order valence-corrected chi connectivity index (χ1v) is 9.38. The summed E-state index contributed by atoms with van der Waals surface area (Å²) in [6.45, 7) is 3.14. The van der Waals surface area contributed by atoms with E-state index in [1.165, 1.54) is 19.2 Å². The number of ether oxygens (including phenoxy) is 2. The maximum atomic E-state index is 12.8. The van der Waals surface area contributed by atoms with Crippen LogP contribution in [0, 0.1) is 13.8 Å². The number of aromatic nitrogens is 3. The van der Waals surface area contributed by atoms with Gasteiger partial charge in [-0.1, -0.05) is 6.07 Å². The molecule has 1 aromatic heterocycles. The van der Waals surface area contributed by atoms with Crippen LogP contribution in [0.4, 0.5) is 18.9 Å². The van der Waals surface area contributed by atoms with Gasteiger partial charge in [-0.3, -0.25) is 4.79 Å². The number of halogens is 3. The van der Waals surface area contributed by atoms with Crippen molar-refractivity contribution in [3.05, 3.63) is 65.2 Å². The molecule has 2 aromatic carbocycles. The summed E-state index contributed by atoms with van der Waals surface area (Å²) in [6, 6.07) is 9.33. The third kappa shape index (κ3) is 5.62. The van der Waals surface area contributed by atoms with Gasteiger partial charge in [0.1, 0.15) is 0 Å². The van der Waals surface area contributed by atoms with Crippen molar-refractivity contribution in [2.24, 2.45) is 5.10 Å². The Balaban J connectivity index is 1.64. The zero-order valence-corrected chi connectivity index (χ0v) is 17.5. The molecule has 0 aliphatic rings. The minimum Gasteiger partial charge on any atom is -0.493 e. The van der Waals surface area contributed by atoms with E-state index in [1.807, 2.05) is 0 Å². The average molecular weight is 447 g/mol. The van der Waals surface area contributed by atoms with E-state index >= 15 is 0 Å². The highest BCUT2D eigenvalue weighted by Crippen LogP contribution is 2.31. The lowest BCUT2D eigenvalue weighted by molar-refractivity contribution is -0.137. The Kier molecular flexibility index (Phi) is 6.76. The Hall–Kier alpha value is -3.89. The average Bonchev–Trinajstić information content (AvgIpc) is 3.08. The summed E-state index contributed by atoms with van der Waals surface area (Å²) < 4.78 is 50.7. The van der Waals surface area contributed by atoms with Crippen LogP contribution in [0.3, 0.4) is 0 Å². The molecular weight excluding hydrogens is 427 g/mol. The van der Waals surface area contributed by atoms with Crippen molar-refractivity contribution in [2.45, 2.75) is 20.0 Å². The van der Waals surface area contributed by atoms with Crippen LogP contribution in [-0.2, 0) is 11.0 Å². The molecular formula is C21H20F3N5O3. The maximum absolute atomic E-state index is 12.8. The molecule has 0 fully saturated rings. The molecule has 8 nitrogen and oxygen atoms in total. The van der Waals surface area contributed by atoms with Gasteiger partial charge < -0.3 is 14.8 Å². The Morgan fingerprint density at radius 1 is 1.12 bits per heavy atom. The van der Waals surface area contributed by atoms with Gasteiger partial charge in [0.2, 0.25) is 0 Å². The molecule has 0 spiro atoms. The summed E-state index contributed by atoms with van der Waals surface area (Å²) >= 11 is 0. The highest BCUT2D eigenvalue weighted by Gasteiger charge is 2.30. The minimum absolute atomic E-state index is 0.0199. The van der Waals surface area contributed by atoms with Gasteiger partial charge in [-0.2, -0.15) is 18.3 Å². The number of amides is 1. The molecule has 32 heavy (non-hydrogen) atoms. The van der Waals surface area contributed by atoms with Crippen LogP contribution < -0.4 is 14.8 Å². The van der Waals surface area contributed by atoms with Crippen LogP contribution in [0.15, 0.2) is 47.6 Å². The summed E-state index contributed by atoms with van der Waals surface area (Å²) in [5.41, 5.74) is -0.131. The van der Waals surface area contributed by atoms with Crippen LogP contribution >= 0.6 is 0 Å². The lowest BCUT2D eigenvalue weighted by Gasteiger charge is -2.12. The van der Waals surface area contributed by atoms with Gasteiger partial charge in [0.25, 0.3) is 5.91 Å². The predicted molar refractivity (Wildman–Crippen MR) is 111 cm³/mol. The fourth-order valence-electron chi connectivity index (χ4n) is 2.75. The van der Waals surface area contributed by atoms with Gasteiger partial charge >= 0.3 is 6.18 Å². The lowest BCUT2D eigenvalue weighted by Crippen LogP contribution is -2.20. The Bertz CT molecular complexity index is 1120. The zero-order chi connectivity index (χ0) is 23.3. The molecule has 11 heteroatoms. The van der Waals surface area contributed by atoms with E-state index in [1.54, 1.807) is 42.9 Å². The number of nitrogens with one attached hydrogen (secondary N) is 1. The van der Waals surface area contributed by atoms with Crippen molar-refractivity contribution in [1.29, 1.82) is 0 Å². The van der Waals surface area contributed by atoms with Crippen LogP contribution in [0.1, 0.15) is 22.8 Å². The topological polar surface area (TPSA) is 90.6 Å². The minimum atomic E-state index is -4.50. The number of benzene rings is 2. The molecule has 168 valence electrons. The number of hydrogen-bond donors (Lipinski definition) is 1. The van der Waals surface area contributed by atoms with Crippen LogP contribution in [-0.4, -0.2) is 40.7 Å². The second-order valence-corrected chi connectivity index (χ2v) is 6.68. The molecule has 0 saturated carbocycles. The van der Waals surface area contributed by atoms with Gasteiger partial charge in [-0.15, -0.1) is 10.2 Å². The van der Waals surface area contributed by atoms with E-state index in [4.69, 9.17) is 9.47 Å². The van der Waals surface area contributed by atoms with Crippen molar-refractivity contribution in [2.75, 3.05) is 19.0 Å². The maximum Gasteiger partial charge on any atom is 0.416 e. The molecule has 1 heterocycles. The van der Waals surface area contributed by atoms with Crippen LogP contribution in [0.5, 0.6) is 11.5 Å². The van der Waals surface area contributed by atoms with E-state index in [0.29, 0.717) is 28.7 Å². The number of methoxy groups -OCH3 is 1. The van der Waals surface area contributed by atoms with E-state index in [-0.39, 0.29) is 5.69 Å². The first-order chi connectivity index (χ1) is 15.2. The number of nitrogens with zero attached hydrogens (tertiary/aromatic N) is 4. The van der Waals surface area contributed by atoms with Gasteiger partial charge in [-0.05, 0) is 55.8 Å². The second-order valence-electron chi connectivity index (χ2n) is 6.68. The molecule has 0 radical (unpaired) electrons. The highest BCUT2D eigenvalue weighted by atomic mass is 19.4. The van der Waals surface area contributed by atoms with Gasteiger partial charge in [0.15, 0.2) is 29.8 Å². The normalized spacial score (nSPS) is 11.6. The van der Waals surface area contributed by atoms with Crippen LogP contribution in [0.2, 0.25) is 0 Å². The summed E-state index contributed by atoms with van der Waals surface area (Å²) in [5, 5.41) is 14.5. The number of aryl methyl sites for hydroxylation is 2. The highest BCUT2D eigenvalue weighted by molar-refractivity contribution is 5.92. The molecule has 1 N–H and O–H groups in total. The second kappa shape index (κ2) is 9.50. The van der Waals surface area contributed by atoms with Crippen molar-refractivity contribution in [3.63, 3.8) is 0 Å². The molecule has 1 amide bonds. The summed E-state index contributed by atoms with van der Waals surface area (Å²) in [7, 11) is 1.44. The first-order valence-electron chi connectivity index (χ1n) is 9.38. The molecule has 0 aliphatic heterocycles. The molecule has 0 atom stereocenters. The van der Waals surface area contributed by atoms with E-state index in [9.17, 15) is 18.0 Å². The number of rotatable bonds is 7. The summed E-state index contributed by atoms with van der Waals surface area (Å²) in [6.07, 6.45) is -2.91. The number of alkyl halides is 3. The molecule has 0 unspecified atom stereocenters. The van der Waals surface area contributed by atoms with Gasteiger partial charge in [0.05, 0.1) is 18.9 Å². The number of hydrogen-bond acceptors (Lipinski definition) is 6. The van der Waals surface area contributed by atoms with Gasteiger partial charge in [0, 0.05) is 5.69 Å². The van der Waals surface area contributed by atoms with E-state index < -0.39 is 24.3 Å². The first kappa shape index (κ1) is 22.8.